The Bertz CT molecular complexity index is 696. The van der Waals surface area contributed by atoms with E-state index in [1.165, 1.54) is 6.07 Å². The second-order valence-corrected chi connectivity index (χ2v) is 5.66. The zero-order chi connectivity index (χ0) is 16.3. The van der Waals surface area contributed by atoms with Crippen molar-refractivity contribution in [3.8, 4) is 11.1 Å². The van der Waals surface area contributed by atoms with Gasteiger partial charge in [0.25, 0.3) is 0 Å². The molecule has 6 heteroatoms. The summed E-state index contributed by atoms with van der Waals surface area (Å²) in [6, 6.07) is 9.86. The van der Waals surface area contributed by atoms with Gasteiger partial charge in [-0.2, -0.15) is 13.2 Å². The number of ether oxygens (including phenoxy) is 1. The highest BCUT2D eigenvalue weighted by Gasteiger charge is 2.30. The fourth-order valence-corrected chi connectivity index (χ4v) is 2.60. The van der Waals surface area contributed by atoms with Gasteiger partial charge in [0.15, 0.2) is 0 Å². The highest BCUT2D eigenvalue weighted by Crippen LogP contribution is 2.33. The standard InChI is InChI=1S/C16H12F3IO2/c1-2-22-15(21)11-6-7-14(20)13(9-11)10-4-3-5-12(8-10)16(17,18)19/h3-9H,2H2,1H3. The van der Waals surface area contributed by atoms with Crippen LogP contribution in [0.5, 0.6) is 0 Å². The second-order valence-electron chi connectivity index (χ2n) is 4.49. The molecular weight excluding hydrogens is 408 g/mol. The summed E-state index contributed by atoms with van der Waals surface area (Å²) in [6.07, 6.45) is -4.40. The molecule has 0 aliphatic rings. The Labute approximate surface area is 139 Å². The highest BCUT2D eigenvalue weighted by molar-refractivity contribution is 14.1. The lowest BCUT2D eigenvalue weighted by atomic mass is 10.0. The first kappa shape index (κ1) is 16.8. The Morgan fingerprint density at radius 3 is 2.55 bits per heavy atom. The number of hydrogen-bond donors (Lipinski definition) is 0. The van der Waals surface area contributed by atoms with E-state index in [0.717, 1.165) is 15.7 Å². The molecule has 0 heterocycles. The number of esters is 1. The molecule has 2 aromatic carbocycles. The van der Waals surface area contributed by atoms with Crippen LogP contribution in [0.3, 0.4) is 0 Å². The summed E-state index contributed by atoms with van der Waals surface area (Å²) in [4.78, 5) is 11.8. The van der Waals surface area contributed by atoms with Gasteiger partial charge in [0.1, 0.15) is 0 Å². The van der Waals surface area contributed by atoms with Crippen LogP contribution in [0.4, 0.5) is 13.2 Å². The van der Waals surface area contributed by atoms with Gasteiger partial charge in [0.05, 0.1) is 17.7 Å². The lowest BCUT2D eigenvalue weighted by molar-refractivity contribution is -0.137. The summed E-state index contributed by atoms with van der Waals surface area (Å²) < 4.78 is 44.1. The van der Waals surface area contributed by atoms with Crippen LogP contribution in [0, 0.1) is 3.57 Å². The van der Waals surface area contributed by atoms with Crippen LogP contribution >= 0.6 is 22.6 Å². The van der Waals surface area contributed by atoms with Gasteiger partial charge in [-0.05, 0) is 71.0 Å². The van der Waals surface area contributed by atoms with E-state index in [-0.39, 0.29) is 6.61 Å². The fraction of sp³-hybridized carbons (Fsp3) is 0.188. The number of hydrogen-bond acceptors (Lipinski definition) is 2. The van der Waals surface area contributed by atoms with E-state index in [4.69, 9.17) is 4.74 Å². The monoisotopic (exact) mass is 420 g/mol. The molecule has 0 radical (unpaired) electrons. The summed E-state index contributed by atoms with van der Waals surface area (Å²) >= 11 is 2.02. The first-order valence-corrected chi connectivity index (χ1v) is 7.55. The third kappa shape index (κ3) is 3.79. The van der Waals surface area contributed by atoms with Gasteiger partial charge in [0, 0.05) is 3.57 Å². The van der Waals surface area contributed by atoms with Gasteiger partial charge in [-0.3, -0.25) is 0 Å². The van der Waals surface area contributed by atoms with Crippen molar-refractivity contribution in [1.29, 1.82) is 0 Å². The summed E-state index contributed by atoms with van der Waals surface area (Å²) in [7, 11) is 0. The maximum absolute atomic E-state index is 12.8. The molecule has 0 saturated carbocycles. The van der Waals surface area contributed by atoms with Crippen LogP contribution < -0.4 is 0 Å². The van der Waals surface area contributed by atoms with Crippen LogP contribution in [0.25, 0.3) is 11.1 Å². The average Bonchev–Trinajstić information content (AvgIpc) is 2.47. The van der Waals surface area contributed by atoms with Crippen molar-refractivity contribution >= 4 is 28.6 Å². The summed E-state index contributed by atoms with van der Waals surface area (Å²) in [6.45, 7) is 1.93. The molecule has 0 unspecified atom stereocenters. The SMILES string of the molecule is CCOC(=O)c1ccc(I)c(-c2cccc(C(F)(F)F)c2)c1. The van der Waals surface area contributed by atoms with Gasteiger partial charge in [0.2, 0.25) is 0 Å². The molecule has 0 amide bonds. The largest absolute Gasteiger partial charge is 0.462 e. The molecule has 0 N–H and O–H groups in total. The molecule has 0 atom stereocenters. The number of carbonyl (C=O) groups excluding carboxylic acids is 1. The van der Waals surface area contributed by atoms with Crippen LogP contribution in [0.15, 0.2) is 42.5 Å². The number of carbonyl (C=O) groups is 1. The molecule has 116 valence electrons. The van der Waals surface area contributed by atoms with Gasteiger partial charge in [-0.25, -0.2) is 4.79 Å². The maximum atomic E-state index is 12.8. The van der Waals surface area contributed by atoms with Crippen molar-refractivity contribution in [3.63, 3.8) is 0 Å². The molecule has 0 bridgehead atoms. The lowest BCUT2D eigenvalue weighted by Gasteiger charge is -2.11. The van der Waals surface area contributed by atoms with Crippen LogP contribution in [0.2, 0.25) is 0 Å². The van der Waals surface area contributed by atoms with Gasteiger partial charge >= 0.3 is 12.1 Å². The maximum Gasteiger partial charge on any atom is 0.416 e. The van der Waals surface area contributed by atoms with Crippen molar-refractivity contribution in [2.75, 3.05) is 6.61 Å². The molecule has 0 fully saturated rings. The topological polar surface area (TPSA) is 26.3 Å². The predicted octanol–water partition coefficient (Wildman–Crippen LogP) is 5.15. The first-order valence-electron chi connectivity index (χ1n) is 6.47. The molecule has 2 aromatic rings. The molecule has 2 rings (SSSR count). The van der Waals surface area contributed by atoms with E-state index >= 15 is 0 Å². The molecule has 0 aromatic heterocycles. The number of rotatable bonds is 3. The lowest BCUT2D eigenvalue weighted by Crippen LogP contribution is -2.06. The van der Waals surface area contributed by atoms with Crippen molar-refractivity contribution in [3.05, 3.63) is 57.2 Å². The molecule has 0 spiro atoms. The normalized spacial score (nSPS) is 11.3. The molecule has 2 nitrogen and oxygen atoms in total. The van der Waals surface area contributed by atoms with Crippen LogP contribution in [-0.4, -0.2) is 12.6 Å². The van der Waals surface area contributed by atoms with Crippen molar-refractivity contribution in [2.24, 2.45) is 0 Å². The molecule has 0 aliphatic heterocycles. The third-order valence-electron chi connectivity index (χ3n) is 2.98. The highest BCUT2D eigenvalue weighted by atomic mass is 127. The van der Waals surface area contributed by atoms with Crippen LogP contribution in [0.1, 0.15) is 22.8 Å². The van der Waals surface area contributed by atoms with E-state index in [9.17, 15) is 18.0 Å². The molecular formula is C16H12F3IO2. The molecule has 0 aliphatic carbocycles. The van der Waals surface area contributed by atoms with E-state index in [0.29, 0.717) is 16.7 Å². The van der Waals surface area contributed by atoms with Gasteiger partial charge < -0.3 is 4.74 Å². The van der Waals surface area contributed by atoms with E-state index in [2.05, 4.69) is 0 Å². The Balaban J connectivity index is 2.48. The summed E-state index contributed by atoms with van der Waals surface area (Å²) in [5, 5.41) is 0. The molecule has 0 saturated heterocycles. The number of halogens is 4. The quantitative estimate of drug-likeness (QED) is 0.507. The molecule has 22 heavy (non-hydrogen) atoms. The minimum atomic E-state index is -4.40. The Morgan fingerprint density at radius 2 is 1.91 bits per heavy atom. The van der Waals surface area contributed by atoms with Crippen LogP contribution in [-0.2, 0) is 10.9 Å². The van der Waals surface area contributed by atoms with Crippen molar-refractivity contribution in [1.82, 2.24) is 0 Å². The van der Waals surface area contributed by atoms with E-state index in [1.54, 1.807) is 31.2 Å². The Hall–Kier alpha value is -1.57. The fourth-order valence-electron chi connectivity index (χ4n) is 1.95. The Morgan fingerprint density at radius 1 is 1.18 bits per heavy atom. The van der Waals surface area contributed by atoms with Crippen molar-refractivity contribution in [2.45, 2.75) is 13.1 Å². The Kier molecular flexibility index (Phi) is 5.10. The van der Waals surface area contributed by atoms with Gasteiger partial charge in [-0.1, -0.05) is 12.1 Å². The minimum absolute atomic E-state index is 0.240. The van der Waals surface area contributed by atoms with E-state index < -0.39 is 17.7 Å². The average molecular weight is 420 g/mol. The zero-order valence-corrected chi connectivity index (χ0v) is 13.7. The minimum Gasteiger partial charge on any atom is -0.462 e. The predicted molar refractivity (Wildman–Crippen MR) is 85.6 cm³/mol. The van der Waals surface area contributed by atoms with E-state index in [1.807, 2.05) is 22.6 Å². The van der Waals surface area contributed by atoms with Gasteiger partial charge in [-0.15, -0.1) is 0 Å². The third-order valence-corrected chi connectivity index (χ3v) is 3.92. The number of alkyl halides is 3. The summed E-state index contributed by atoms with van der Waals surface area (Å²) in [5.74, 6) is -0.493. The second kappa shape index (κ2) is 6.68. The number of benzene rings is 2. The smallest absolute Gasteiger partial charge is 0.416 e. The first-order chi connectivity index (χ1) is 10.3. The van der Waals surface area contributed by atoms with Crippen molar-refractivity contribution < 1.29 is 22.7 Å². The summed E-state index contributed by atoms with van der Waals surface area (Å²) in [5.41, 5.74) is 0.569. The zero-order valence-electron chi connectivity index (χ0n) is 11.6.